The number of carbonyl (C=O) groups excluding carboxylic acids is 2. The molecular formula is C18H12Cl2FNO3S. The largest absolute Gasteiger partial charge is 0.451 e. The highest BCUT2D eigenvalue weighted by Crippen LogP contribution is 2.36. The van der Waals surface area contributed by atoms with Gasteiger partial charge in [0.2, 0.25) is 0 Å². The van der Waals surface area contributed by atoms with Crippen molar-refractivity contribution in [2.45, 2.75) is 6.92 Å². The molecule has 0 unspecified atom stereocenters. The molecule has 134 valence electrons. The number of benzene rings is 2. The monoisotopic (exact) mass is 411 g/mol. The second-order valence-electron chi connectivity index (χ2n) is 5.47. The van der Waals surface area contributed by atoms with Crippen LogP contribution in [0.2, 0.25) is 10.0 Å². The quantitative estimate of drug-likeness (QED) is 0.580. The van der Waals surface area contributed by atoms with E-state index in [4.69, 9.17) is 27.9 Å². The summed E-state index contributed by atoms with van der Waals surface area (Å²) in [5, 5.41) is 3.85. The lowest BCUT2D eigenvalue weighted by Gasteiger charge is -2.09. The average molecular weight is 412 g/mol. The lowest BCUT2D eigenvalue weighted by Crippen LogP contribution is -2.21. The minimum Gasteiger partial charge on any atom is -0.451 e. The summed E-state index contributed by atoms with van der Waals surface area (Å²) in [5.41, 5.74) is 1.36. The molecule has 0 aliphatic heterocycles. The molecule has 1 amide bonds. The first kappa shape index (κ1) is 18.6. The Labute approximate surface area is 162 Å². The molecule has 0 aliphatic rings. The van der Waals surface area contributed by atoms with Crippen molar-refractivity contribution in [3.63, 3.8) is 0 Å². The number of esters is 1. The van der Waals surface area contributed by atoms with Crippen LogP contribution in [0.3, 0.4) is 0 Å². The smallest absolute Gasteiger partial charge is 0.350 e. The number of fused-ring (bicyclic) bond motifs is 1. The van der Waals surface area contributed by atoms with Gasteiger partial charge in [-0.3, -0.25) is 4.79 Å². The van der Waals surface area contributed by atoms with E-state index in [9.17, 15) is 14.0 Å². The third-order valence-corrected chi connectivity index (χ3v) is 5.46. The van der Waals surface area contributed by atoms with Gasteiger partial charge in [-0.25, -0.2) is 9.18 Å². The van der Waals surface area contributed by atoms with E-state index in [2.05, 4.69) is 5.32 Å². The Balaban J connectivity index is 1.68. The summed E-state index contributed by atoms with van der Waals surface area (Å²) in [6.07, 6.45) is 0. The summed E-state index contributed by atoms with van der Waals surface area (Å²) >= 11 is 13.1. The number of hydrogen-bond donors (Lipinski definition) is 1. The van der Waals surface area contributed by atoms with Crippen LogP contribution in [-0.4, -0.2) is 18.5 Å². The van der Waals surface area contributed by atoms with Crippen LogP contribution < -0.4 is 5.32 Å². The molecule has 8 heteroatoms. The van der Waals surface area contributed by atoms with E-state index in [0.29, 0.717) is 20.8 Å². The van der Waals surface area contributed by atoms with Crippen LogP contribution in [-0.2, 0) is 9.53 Å². The van der Waals surface area contributed by atoms with E-state index in [0.717, 1.165) is 16.9 Å². The molecule has 3 rings (SSSR count). The van der Waals surface area contributed by atoms with Crippen LogP contribution in [0.5, 0.6) is 0 Å². The van der Waals surface area contributed by atoms with E-state index in [1.807, 2.05) is 6.92 Å². The normalized spacial score (nSPS) is 10.8. The number of rotatable bonds is 4. The maximum atomic E-state index is 13.3. The molecule has 1 N–H and O–H groups in total. The van der Waals surface area contributed by atoms with Crippen molar-refractivity contribution in [3.8, 4) is 0 Å². The molecule has 0 saturated carbocycles. The maximum absolute atomic E-state index is 13.3. The summed E-state index contributed by atoms with van der Waals surface area (Å²) in [6.45, 7) is 1.33. The van der Waals surface area contributed by atoms with Crippen LogP contribution in [0.15, 0.2) is 36.4 Å². The Bertz CT molecular complexity index is 1020. The number of aryl methyl sites for hydroxylation is 1. The van der Waals surface area contributed by atoms with E-state index in [1.165, 1.54) is 18.2 Å². The van der Waals surface area contributed by atoms with Crippen molar-refractivity contribution in [1.82, 2.24) is 0 Å². The van der Waals surface area contributed by atoms with Gasteiger partial charge in [0.15, 0.2) is 6.61 Å². The van der Waals surface area contributed by atoms with Crippen LogP contribution in [0, 0.1) is 12.7 Å². The van der Waals surface area contributed by atoms with Crippen molar-refractivity contribution in [2.75, 3.05) is 11.9 Å². The zero-order chi connectivity index (χ0) is 18.8. The van der Waals surface area contributed by atoms with Crippen LogP contribution in [0.25, 0.3) is 10.1 Å². The van der Waals surface area contributed by atoms with Gasteiger partial charge in [-0.05, 0) is 42.8 Å². The van der Waals surface area contributed by atoms with E-state index < -0.39 is 24.3 Å². The van der Waals surface area contributed by atoms with Gasteiger partial charge in [0.1, 0.15) is 10.7 Å². The second kappa shape index (κ2) is 7.61. The highest BCUT2D eigenvalue weighted by molar-refractivity contribution is 7.21. The molecule has 0 radical (unpaired) electrons. The maximum Gasteiger partial charge on any atom is 0.350 e. The lowest BCUT2D eigenvalue weighted by molar-refractivity contribution is -0.119. The first-order valence-corrected chi connectivity index (χ1v) is 9.03. The number of carbonyl (C=O) groups is 2. The number of nitrogens with one attached hydrogen (secondary N) is 1. The van der Waals surface area contributed by atoms with Gasteiger partial charge >= 0.3 is 5.97 Å². The number of anilines is 1. The average Bonchev–Trinajstić information content (AvgIpc) is 2.92. The minimum absolute atomic E-state index is 0.124. The molecule has 0 fully saturated rings. The predicted octanol–water partition coefficient (Wildman–Crippen LogP) is 5.45. The molecule has 0 bridgehead atoms. The van der Waals surface area contributed by atoms with Gasteiger partial charge in [-0.2, -0.15) is 0 Å². The molecule has 26 heavy (non-hydrogen) atoms. The number of hydrogen-bond acceptors (Lipinski definition) is 4. The van der Waals surface area contributed by atoms with Gasteiger partial charge in [0.05, 0.1) is 5.02 Å². The third-order valence-electron chi connectivity index (χ3n) is 3.58. The summed E-state index contributed by atoms with van der Waals surface area (Å²) in [4.78, 5) is 24.3. The molecular weight excluding hydrogens is 400 g/mol. The fourth-order valence-electron chi connectivity index (χ4n) is 2.28. The fraction of sp³-hybridized carbons (Fsp3) is 0.111. The van der Waals surface area contributed by atoms with Crippen LogP contribution in [0.4, 0.5) is 10.1 Å². The number of halogens is 3. The number of ether oxygens (including phenoxy) is 1. The molecule has 1 aromatic heterocycles. The van der Waals surface area contributed by atoms with E-state index in [-0.39, 0.29) is 9.90 Å². The molecule has 0 spiro atoms. The highest BCUT2D eigenvalue weighted by Gasteiger charge is 2.20. The Morgan fingerprint density at radius 1 is 1.19 bits per heavy atom. The molecule has 3 aromatic rings. The molecule has 0 aliphatic carbocycles. The van der Waals surface area contributed by atoms with Crippen LogP contribution in [0.1, 0.15) is 15.2 Å². The fourth-order valence-corrected chi connectivity index (χ4v) is 3.88. The van der Waals surface area contributed by atoms with Crippen LogP contribution >= 0.6 is 34.5 Å². The van der Waals surface area contributed by atoms with Gasteiger partial charge in [-0.1, -0.05) is 29.3 Å². The Morgan fingerprint density at radius 3 is 2.73 bits per heavy atom. The van der Waals surface area contributed by atoms with Crippen molar-refractivity contribution in [2.24, 2.45) is 0 Å². The van der Waals surface area contributed by atoms with E-state index >= 15 is 0 Å². The summed E-state index contributed by atoms with van der Waals surface area (Å²) in [5.74, 6) is -1.67. The summed E-state index contributed by atoms with van der Waals surface area (Å²) < 4.78 is 18.8. The molecule has 2 aromatic carbocycles. The van der Waals surface area contributed by atoms with Crippen molar-refractivity contribution < 1.29 is 18.7 Å². The first-order chi connectivity index (χ1) is 12.3. The zero-order valence-corrected chi connectivity index (χ0v) is 15.8. The van der Waals surface area contributed by atoms with Crippen molar-refractivity contribution in [1.29, 1.82) is 0 Å². The molecule has 0 saturated heterocycles. The molecule has 4 nitrogen and oxygen atoms in total. The zero-order valence-electron chi connectivity index (χ0n) is 13.4. The predicted molar refractivity (Wildman–Crippen MR) is 102 cm³/mol. The molecule has 1 heterocycles. The summed E-state index contributed by atoms with van der Waals surface area (Å²) in [7, 11) is 0. The second-order valence-corrected chi connectivity index (χ2v) is 7.34. The van der Waals surface area contributed by atoms with Gasteiger partial charge in [0.25, 0.3) is 5.91 Å². The SMILES string of the molecule is Cc1ccc(Cl)cc1NC(=O)COC(=O)c1sc2cc(F)ccc2c1Cl. The lowest BCUT2D eigenvalue weighted by atomic mass is 10.2. The Kier molecular flexibility index (Phi) is 5.46. The number of thiophene rings is 1. The van der Waals surface area contributed by atoms with E-state index in [1.54, 1.807) is 18.2 Å². The summed E-state index contributed by atoms with van der Waals surface area (Å²) in [6, 6.07) is 9.12. The minimum atomic E-state index is -0.741. The Hall–Kier alpha value is -2.15. The van der Waals surface area contributed by atoms with Crippen molar-refractivity contribution in [3.05, 3.63) is 62.7 Å². The number of amides is 1. The van der Waals surface area contributed by atoms with Gasteiger partial charge < -0.3 is 10.1 Å². The highest BCUT2D eigenvalue weighted by atomic mass is 35.5. The standard InChI is InChI=1S/C18H12Cl2FNO3S/c1-9-2-3-10(19)6-13(9)22-15(23)8-25-18(24)17-16(20)12-5-4-11(21)7-14(12)26-17/h2-7H,8H2,1H3,(H,22,23). The topological polar surface area (TPSA) is 55.4 Å². The first-order valence-electron chi connectivity index (χ1n) is 7.46. The Morgan fingerprint density at radius 2 is 1.96 bits per heavy atom. The van der Waals surface area contributed by atoms with Crippen molar-refractivity contribution >= 4 is 62.2 Å². The third kappa shape index (κ3) is 3.98. The van der Waals surface area contributed by atoms with Gasteiger partial charge in [0, 0.05) is 20.8 Å². The van der Waals surface area contributed by atoms with Gasteiger partial charge in [-0.15, -0.1) is 11.3 Å². The molecule has 0 atom stereocenters.